The van der Waals surface area contributed by atoms with Gasteiger partial charge in [0.15, 0.2) is 0 Å². The van der Waals surface area contributed by atoms with E-state index in [-0.39, 0.29) is 0 Å². The monoisotopic (exact) mass is 165 g/mol. The maximum absolute atomic E-state index is 4.11. The molecule has 1 unspecified atom stereocenters. The molecule has 0 saturated carbocycles. The van der Waals surface area contributed by atoms with Crippen molar-refractivity contribution in [2.75, 3.05) is 0 Å². The van der Waals surface area contributed by atoms with Crippen LogP contribution in [0.2, 0.25) is 0 Å². The van der Waals surface area contributed by atoms with E-state index in [2.05, 4.69) is 33.2 Å². The van der Waals surface area contributed by atoms with Crippen LogP contribution in [0.5, 0.6) is 0 Å². The van der Waals surface area contributed by atoms with E-state index in [0.717, 1.165) is 12.1 Å². The molecule has 2 heteroatoms. The molecule has 0 heterocycles. The van der Waals surface area contributed by atoms with Crippen LogP contribution in [-0.2, 0) is 0 Å². The van der Waals surface area contributed by atoms with Crippen molar-refractivity contribution in [3.8, 4) is 0 Å². The van der Waals surface area contributed by atoms with Gasteiger partial charge in [0.1, 0.15) is 0 Å². The van der Waals surface area contributed by atoms with E-state index in [9.17, 15) is 0 Å². The third-order valence-corrected chi connectivity index (χ3v) is 1.91. The molecule has 0 spiro atoms. The topological polar surface area (TPSA) is 12.4 Å². The molecule has 0 N–H and O–H groups in total. The molecule has 58 valence electrons. The molecule has 1 aromatic rings. The number of hydrogen-bond acceptors (Lipinski definition) is 1. The Hall–Kier alpha value is -0.680. The SMILES string of the molecule is CC/C(=N\P)c1ccccc1. The zero-order valence-electron chi connectivity index (χ0n) is 6.62. The number of hydrogen-bond donors (Lipinski definition) is 0. The van der Waals surface area contributed by atoms with Crippen LogP contribution in [0.3, 0.4) is 0 Å². The molecule has 0 aliphatic carbocycles. The van der Waals surface area contributed by atoms with Gasteiger partial charge in [0.05, 0.1) is 0 Å². The third kappa shape index (κ3) is 2.13. The van der Waals surface area contributed by atoms with Crippen LogP contribution in [0.4, 0.5) is 0 Å². The Balaban J connectivity index is 2.92. The minimum atomic E-state index is 0.980. The van der Waals surface area contributed by atoms with Crippen LogP contribution < -0.4 is 0 Å². The normalized spacial score (nSPS) is 11.6. The molecular formula is C9H12NP. The maximum atomic E-state index is 4.11. The molecule has 0 bridgehead atoms. The summed E-state index contributed by atoms with van der Waals surface area (Å²) in [5.41, 5.74) is 2.35. The molecule has 0 amide bonds. The highest BCUT2D eigenvalue weighted by atomic mass is 31.0. The van der Waals surface area contributed by atoms with Crippen molar-refractivity contribution in [3.05, 3.63) is 35.9 Å². The Kier molecular flexibility index (Phi) is 3.25. The molecule has 0 radical (unpaired) electrons. The fourth-order valence-corrected chi connectivity index (χ4v) is 1.33. The zero-order valence-corrected chi connectivity index (χ0v) is 7.77. The van der Waals surface area contributed by atoms with Crippen molar-refractivity contribution < 1.29 is 0 Å². The Morgan fingerprint density at radius 2 is 2.00 bits per heavy atom. The van der Waals surface area contributed by atoms with Gasteiger partial charge in [-0.3, -0.25) is 4.76 Å². The smallest absolute Gasteiger partial charge is 0.0455 e. The lowest BCUT2D eigenvalue weighted by Crippen LogP contribution is -1.95. The van der Waals surface area contributed by atoms with Gasteiger partial charge < -0.3 is 0 Å². The Morgan fingerprint density at radius 1 is 1.36 bits per heavy atom. The van der Waals surface area contributed by atoms with Gasteiger partial charge in [0.25, 0.3) is 0 Å². The summed E-state index contributed by atoms with van der Waals surface area (Å²) < 4.78 is 4.11. The molecule has 0 saturated heterocycles. The average Bonchev–Trinajstić information content (AvgIpc) is 2.09. The summed E-state index contributed by atoms with van der Waals surface area (Å²) in [7, 11) is 2.40. The van der Waals surface area contributed by atoms with Crippen molar-refractivity contribution >= 4 is 15.1 Å². The van der Waals surface area contributed by atoms with Crippen molar-refractivity contribution in [2.24, 2.45) is 4.76 Å². The van der Waals surface area contributed by atoms with Crippen LogP contribution in [0.1, 0.15) is 18.9 Å². The van der Waals surface area contributed by atoms with E-state index in [4.69, 9.17) is 0 Å². The highest BCUT2D eigenvalue weighted by molar-refractivity contribution is 7.15. The lowest BCUT2D eigenvalue weighted by atomic mass is 10.1. The van der Waals surface area contributed by atoms with Gasteiger partial charge in [0.2, 0.25) is 0 Å². The second kappa shape index (κ2) is 4.25. The summed E-state index contributed by atoms with van der Waals surface area (Å²) in [6.45, 7) is 2.11. The molecule has 1 atom stereocenters. The van der Waals surface area contributed by atoms with Crippen molar-refractivity contribution in [3.63, 3.8) is 0 Å². The average molecular weight is 165 g/mol. The van der Waals surface area contributed by atoms with Gasteiger partial charge in [0, 0.05) is 5.71 Å². The Labute approximate surface area is 69.8 Å². The summed E-state index contributed by atoms with van der Waals surface area (Å²) in [5, 5.41) is 0. The second-order valence-electron chi connectivity index (χ2n) is 2.30. The van der Waals surface area contributed by atoms with Crippen LogP contribution in [-0.4, -0.2) is 5.71 Å². The molecule has 1 rings (SSSR count). The highest BCUT2D eigenvalue weighted by Gasteiger charge is 1.96. The van der Waals surface area contributed by atoms with Crippen molar-refractivity contribution in [1.82, 2.24) is 0 Å². The lowest BCUT2D eigenvalue weighted by Gasteiger charge is -2.00. The molecule has 0 aromatic heterocycles. The molecule has 0 aliphatic rings. The molecular weight excluding hydrogens is 153 g/mol. The summed E-state index contributed by atoms with van der Waals surface area (Å²) in [6, 6.07) is 10.2. The van der Waals surface area contributed by atoms with E-state index in [1.54, 1.807) is 0 Å². The number of benzene rings is 1. The first-order valence-corrected chi connectivity index (χ1v) is 4.22. The van der Waals surface area contributed by atoms with E-state index in [0.29, 0.717) is 0 Å². The van der Waals surface area contributed by atoms with Crippen LogP contribution in [0, 0.1) is 0 Å². The van der Waals surface area contributed by atoms with Gasteiger partial charge in [-0.15, -0.1) is 0 Å². The Morgan fingerprint density at radius 3 is 2.45 bits per heavy atom. The third-order valence-electron chi connectivity index (χ3n) is 1.60. The minimum absolute atomic E-state index is 0.980. The molecule has 1 aromatic carbocycles. The molecule has 0 fully saturated rings. The minimum Gasteiger partial charge on any atom is -0.272 e. The predicted molar refractivity (Wildman–Crippen MR) is 53.0 cm³/mol. The standard InChI is InChI=1S/C9H12NP/c1-2-9(10-11)8-6-4-3-5-7-8/h3-7H,2,11H2,1H3/b10-9+. The van der Waals surface area contributed by atoms with Gasteiger partial charge in [-0.1, -0.05) is 37.3 Å². The quantitative estimate of drug-likeness (QED) is 0.472. The zero-order chi connectivity index (χ0) is 8.10. The van der Waals surface area contributed by atoms with Crippen LogP contribution >= 0.6 is 9.39 Å². The van der Waals surface area contributed by atoms with Gasteiger partial charge in [-0.25, -0.2) is 0 Å². The van der Waals surface area contributed by atoms with Crippen molar-refractivity contribution in [2.45, 2.75) is 13.3 Å². The first kappa shape index (κ1) is 8.42. The molecule has 1 nitrogen and oxygen atoms in total. The van der Waals surface area contributed by atoms with E-state index < -0.39 is 0 Å². The van der Waals surface area contributed by atoms with E-state index in [1.165, 1.54) is 5.56 Å². The van der Waals surface area contributed by atoms with Crippen LogP contribution in [0.25, 0.3) is 0 Å². The number of nitrogens with zero attached hydrogens (tertiary/aromatic N) is 1. The molecule has 0 aliphatic heterocycles. The van der Waals surface area contributed by atoms with Gasteiger partial charge in [-0.05, 0) is 21.4 Å². The fourth-order valence-electron chi connectivity index (χ4n) is 1.00. The van der Waals surface area contributed by atoms with Crippen LogP contribution in [0.15, 0.2) is 35.1 Å². The summed E-state index contributed by atoms with van der Waals surface area (Å²) in [6.07, 6.45) is 0.980. The largest absolute Gasteiger partial charge is 0.272 e. The fraction of sp³-hybridized carbons (Fsp3) is 0.222. The van der Waals surface area contributed by atoms with E-state index in [1.807, 2.05) is 18.2 Å². The summed E-state index contributed by atoms with van der Waals surface area (Å²) >= 11 is 0. The highest BCUT2D eigenvalue weighted by Crippen LogP contribution is 2.05. The van der Waals surface area contributed by atoms with E-state index >= 15 is 0 Å². The first-order valence-electron chi connectivity index (χ1n) is 3.70. The predicted octanol–water partition coefficient (Wildman–Crippen LogP) is 2.68. The summed E-state index contributed by atoms with van der Waals surface area (Å²) in [5.74, 6) is 0. The first-order chi connectivity index (χ1) is 5.38. The van der Waals surface area contributed by atoms with Crippen molar-refractivity contribution in [1.29, 1.82) is 0 Å². The lowest BCUT2D eigenvalue weighted by molar-refractivity contribution is 1.28. The van der Waals surface area contributed by atoms with Gasteiger partial charge in [-0.2, -0.15) is 0 Å². The number of rotatable bonds is 2. The van der Waals surface area contributed by atoms with Gasteiger partial charge >= 0.3 is 0 Å². The Bertz CT molecular complexity index is 241. The summed E-state index contributed by atoms with van der Waals surface area (Å²) in [4.78, 5) is 0. The maximum Gasteiger partial charge on any atom is 0.0455 e. The molecule has 11 heavy (non-hydrogen) atoms. The second-order valence-corrected chi connectivity index (χ2v) is 2.55.